The second-order valence-electron chi connectivity index (χ2n) is 6.94. The maximum atomic E-state index is 2.49. The topological polar surface area (TPSA) is 0 Å². The summed E-state index contributed by atoms with van der Waals surface area (Å²) in [6.45, 7) is 2.20. The minimum absolute atomic E-state index is 0. The van der Waals surface area contributed by atoms with Crippen LogP contribution in [0.15, 0.2) is 48.5 Å². The number of allylic oxidation sites excluding steroid dienone is 1. The maximum absolute atomic E-state index is 2.49. The van der Waals surface area contributed by atoms with E-state index in [1.165, 1.54) is 56.8 Å². The van der Waals surface area contributed by atoms with E-state index in [4.69, 9.17) is 0 Å². The largest absolute Gasteiger partial charge is 0.141 e. The van der Waals surface area contributed by atoms with E-state index < -0.39 is 0 Å². The van der Waals surface area contributed by atoms with Gasteiger partial charge < -0.3 is 0 Å². The Morgan fingerprint density at radius 3 is 2.52 bits per heavy atom. The van der Waals surface area contributed by atoms with Crippen LogP contribution < -0.4 is 0 Å². The van der Waals surface area contributed by atoms with Gasteiger partial charge in [-0.25, -0.2) is 0 Å². The molecule has 0 nitrogen and oxygen atoms in total. The summed E-state index contributed by atoms with van der Waals surface area (Å²) in [6.07, 6.45) is 7.33. The second-order valence-corrected chi connectivity index (χ2v) is 8.23. The number of hydrogen-bond donors (Lipinski definition) is 0. The van der Waals surface area contributed by atoms with Crippen LogP contribution in [-0.4, -0.2) is 0 Å². The SMILES string of the molecule is Cc1ccc(C2=Cc3c(cc4c(c3-c3ccccc3)CCC4)C2)s1.[Zr]. The third-order valence-corrected chi connectivity index (χ3v) is 6.42. The van der Waals surface area contributed by atoms with Gasteiger partial charge in [-0.15, -0.1) is 11.3 Å². The molecule has 25 heavy (non-hydrogen) atoms. The standard InChI is InChI=1S/C23H20S.Zr/c1-15-10-11-22(24-15)19-13-18-12-17-8-5-9-20(17)23(21(18)14-19)16-6-3-2-4-7-16;/h2-4,6-7,10-12,14H,5,8-9,13H2,1H3;. The Bertz CT molecular complexity index is 963. The Hall–Kier alpha value is -1.24. The summed E-state index contributed by atoms with van der Waals surface area (Å²) in [6, 6.07) is 18.0. The van der Waals surface area contributed by atoms with Crippen LogP contribution in [0.3, 0.4) is 0 Å². The summed E-state index contributed by atoms with van der Waals surface area (Å²) in [5.74, 6) is 0. The summed E-state index contributed by atoms with van der Waals surface area (Å²) in [7, 11) is 0. The van der Waals surface area contributed by atoms with Crippen LogP contribution in [0.4, 0.5) is 0 Å². The Morgan fingerprint density at radius 1 is 0.920 bits per heavy atom. The van der Waals surface area contributed by atoms with Crippen LogP contribution in [-0.2, 0) is 45.5 Å². The number of thiophene rings is 1. The second kappa shape index (κ2) is 6.82. The Kier molecular flexibility index (Phi) is 4.69. The molecule has 0 aliphatic heterocycles. The number of hydrogen-bond acceptors (Lipinski definition) is 1. The number of aryl methyl sites for hydroxylation is 2. The molecule has 0 spiro atoms. The van der Waals surface area contributed by atoms with Gasteiger partial charge in [0.1, 0.15) is 0 Å². The van der Waals surface area contributed by atoms with Crippen molar-refractivity contribution < 1.29 is 26.2 Å². The summed E-state index contributed by atoms with van der Waals surface area (Å²) in [5, 5.41) is 0. The molecule has 0 radical (unpaired) electrons. The van der Waals surface area contributed by atoms with Crippen LogP contribution in [0.2, 0.25) is 0 Å². The first-order valence-corrected chi connectivity index (χ1v) is 9.62. The molecular formula is C23H20SZr. The molecule has 0 atom stereocenters. The van der Waals surface area contributed by atoms with Crippen LogP contribution in [0.25, 0.3) is 22.8 Å². The molecule has 1 aromatic heterocycles. The fourth-order valence-corrected chi connectivity index (χ4v) is 5.15. The molecule has 3 aromatic rings. The average Bonchev–Trinajstić information content (AvgIpc) is 3.31. The van der Waals surface area contributed by atoms with Crippen molar-refractivity contribution >= 4 is 23.0 Å². The first-order chi connectivity index (χ1) is 11.8. The molecule has 1 heterocycles. The quantitative estimate of drug-likeness (QED) is 0.457. The normalized spacial score (nSPS) is 14.7. The predicted octanol–water partition coefficient (Wildman–Crippen LogP) is 6.31. The van der Waals surface area contributed by atoms with E-state index in [9.17, 15) is 0 Å². The van der Waals surface area contributed by atoms with Gasteiger partial charge in [0.05, 0.1) is 0 Å². The molecule has 0 fully saturated rings. The number of fused-ring (bicyclic) bond motifs is 2. The zero-order valence-corrected chi connectivity index (χ0v) is 17.7. The molecule has 2 heteroatoms. The van der Waals surface area contributed by atoms with Crippen LogP contribution >= 0.6 is 11.3 Å². The van der Waals surface area contributed by atoms with Crippen LogP contribution in [0.1, 0.15) is 38.4 Å². The van der Waals surface area contributed by atoms with E-state index in [1.807, 2.05) is 11.3 Å². The van der Waals surface area contributed by atoms with Crippen molar-refractivity contribution in [3.05, 3.63) is 80.5 Å². The van der Waals surface area contributed by atoms with Crippen molar-refractivity contribution in [2.45, 2.75) is 32.6 Å². The monoisotopic (exact) mass is 418 g/mol. The van der Waals surface area contributed by atoms with Gasteiger partial charge in [-0.3, -0.25) is 0 Å². The first-order valence-electron chi connectivity index (χ1n) is 8.80. The van der Waals surface area contributed by atoms with E-state index in [2.05, 4.69) is 61.5 Å². The minimum Gasteiger partial charge on any atom is -0.141 e. The smallest absolute Gasteiger partial charge is 0.0308 e. The van der Waals surface area contributed by atoms with Crippen molar-refractivity contribution in [1.82, 2.24) is 0 Å². The van der Waals surface area contributed by atoms with E-state index in [0.717, 1.165) is 6.42 Å². The summed E-state index contributed by atoms with van der Waals surface area (Å²) in [4.78, 5) is 2.83. The number of rotatable bonds is 2. The third kappa shape index (κ3) is 2.94. The molecule has 0 unspecified atom stereocenters. The van der Waals surface area contributed by atoms with E-state index in [0.29, 0.717) is 0 Å². The third-order valence-electron chi connectivity index (χ3n) is 5.34. The van der Waals surface area contributed by atoms with Crippen molar-refractivity contribution in [3.63, 3.8) is 0 Å². The van der Waals surface area contributed by atoms with Crippen molar-refractivity contribution in [2.75, 3.05) is 0 Å². The Balaban J connectivity index is 0.00000157. The molecule has 5 rings (SSSR count). The van der Waals surface area contributed by atoms with Gasteiger partial charge in [-0.1, -0.05) is 36.4 Å². The maximum Gasteiger partial charge on any atom is 0.0308 e. The van der Waals surface area contributed by atoms with E-state index in [-0.39, 0.29) is 26.2 Å². The summed E-state index contributed by atoms with van der Waals surface area (Å²) >= 11 is 1.92. The van der Waals surface area contributed by atoms with Crippen molar-refractivity contribution in [2.24, 2.45) is 0 Å². The molecule has 122 valence electrons. The zero-order valence-electron chi connectivity index (χ0n) is 14.4. The molecule has 2 aromatic carbocycles. The summed E-state index contributed by atoms with van der Waals surface area (Å²) < 4.78 is 0. The predicted molar refractivity (Wildman–Crippen MR) is 105 cm³/mol. The van der Waals surface area contributed by atoms with E-state index in [1.54, 1.807) is 11.1 Å². The Labute approximate surface area is 172 Å². The van der Waals surface area contributed by atoms with Crippen molar-refractivity contribution in [1.29, 1.82) is 0 Å². The molecule has 2 aliphatic rings. The van der Waals surface area contributed by atoms with Crippen LogP contribution in [0, 0.1) is 6.92 Å². The molecule has 0 amide bonds. The van der Waals surface area contributed by atoms with Gasteiger partial charge in [-0.2, -0.15) is 0 Å². The van der Waals surface area contributed by atoms with Crippen LogP contribution in [0.5, 0.6) is 0 Å². The van der Waals surface area contributed by atoms with Crippen molar-refractivity contribution in [3.8, 4) is 11.1 Å². The van der Waals surface area contributed by atoms with Gasteiger partial charge in [0.2, 0.25) is 0 Å². The van der Waals surface area contributed by atoms with Gasteiger partial charge in [0.15, 0.2) is 0 Å². The molecule has 0 saturated heterocycles. The first kappa shape index (κ1) is 17.2. The van der Waals surface area contributed by atoms with E-state index >= 15 is 0 Å². The van der Waals surface area contributed by atoms with Gasteiger partial charge in [-0.05, 0) is 89.8 Å². The Morgan fingerprint density at radius 2 is 1.76 bits per heavy atom. The zero-order chi connectivity index (χ0) is 16.1. The number of benzene rings is 2. The summed E-state index contributed by atoms with van der Waals surface area (Å²) in [5.41, 5.74) is 10.6. The van der Waals surface area contributed by atoms with Gasteiger partial charge in [0.25, 0.3) is 0 Å². The fourth-order valence-electron chi connectivity index (χ4n) is 4.26. The van der Waals surface area contributed by atoms with Gasteiger partial charge in [0, 0.05) is 36.0 Å². The molecule has 2 aliphatic carbocycles. The molecule has 0 bridgehead atoms. The van der Waals surface area contributed by atoms with Gasteiger partial charge >= 0.3 is 0 Å². The molecule has 0 N–H and O–H groups in total. The average molecular weight is 420 g/mol. The minimum atomic E-state index is 0. The molecule has 0 saturated carbocycles. The molecular weight excluding hydrogens is 400 g/mol. The fraction of sp³-hybridized carbons (Fsp3) is 0.217.